The van der Waals surface area contributed by atoms with Crippen LogP contribution in [0.5, 0.6) is 0 Å². The minimum Gasteiger partial charge on any atom is -0.355 e. The van der Waals surface area contributed by atoms with Crippen LogP contribution in [-0.4, -0.2) is 0 Å². The normalized spacial score (nSPS) is 9.47. The number of hydrogen-bond acceptors (Lipinski definition) is 3. The zero-order chi connectivity index (χ0) is 13.8. The summed E-state index contributed by atoms with van der Waals surface area (Å²) >= 11 is 0. The third-order valence-electron chi connectivity index (χ3n) is 2.67. The molecule has 2 aromatic rings. The monoisotopic (exact) mass is 251 g/mol. The average molecular weight is 251 g/mol. The molecular weight excluding hydrogens is 241 g/mol. The van der Waals surface area contributed by atoms with E-state index >= 15 is 0 Å². The molecule has 0 spiro atoms. The summed E-state index contributed by atoms with van der Waals surface area (Å²) in [4.78, 5) is 0. The molecule has 4 heteroatoms. The smallest absolute Gasteiger partial charge is 0.126 e. The molecule has 0 unspecified atom stereocenters. The molecule has 0 aliphatic heterocycles. The van der Waals surface area contributed by atoms with E-state index in [1.54, 1.807) is 18.2 Å². The summed E-state index contributed by atoms with van der Waals surface area (Å²) in [5.41, 5.74) is 2.90. The highest BCUT2D eigenvalue weighted by molar-refractivity contribution is 5.66. The molecule has 0 aliphatic rings. The molecule has 0 aromatic heterocycles. The second-order valence-electron chi connectivity index (χ2n) is 4.11. The molecular formula is C15H10FN3. The number of rotatable bonds is 2. The number of hydrogen-bond donors (Lipinski definition) is 1. The lowest BCUT2D eigenvalue weighted by Crippen LogP contribution is -1.95. The molecule has 0 bridgehead atoms. The Morgan fingerprint density at radius 2 is 1.74 bits per heavy atom. The molecule has 19 heavy (non-hydrogen) atoms. The van der Waals surface area contributed by atoms with Crippen LogP contribution in [0.25, 0.3) is 0 Å². The van der Waals surface area contributed by atoms with E-state index in [-0.39, 0.29) is 5.56 Å². The third kappa shape index (κ3) is 2.88. The number of benzene rings is 2. The fraction of sp³-hybridized carbons (Fsp3) is 0.0667. The Hall–Kier alpha value is -2.85. The molecule has 0 fully saturated rings. The molecule has 3 nitrogen and oxygen atoms in total. The van der Waals surface area contributed by atoms with Gasteiger partial charge in [-0.05, 0) is 42.8 Å². The Bertz CT molecular complexity index is 708. The number of nitriles is 2. The number of anilines is 2. The SMILES string of the molecule is Cc1ccc(C#N)cc1Nc1cc(F)cc(C#N)c1. The second-order valence-corrected chi connectivity index (χ2v) is 4.11. The Balaban J connectivity index is 2.39. The van der Waals surface area contributed by atoms with Gasteiger partial charge in [0.05, 0.1) is 23.3 Å². The number of halogens is 1. The van der Waals surface area contributed by atoms with Crippen LogP contribution in [0, 0.1) is 35.4 Å². The van der Waals surface area contributed by atoms with Crippen molar-refractivity contribution in [1.82, 2.24) is 0 Å². The van der Waals surface area contributed by atoms with Crippen LogP contribution in [0.15, 0.2) is 36.4 Å². The molecule has 0 radical (unpaired) electrons. The van der Waals surface area contributed by atoms with Gasteiger partial charge in [-0.2, -0.15) is 10.5 Å². The quantitative estimate of drug-likeness (QED) is 0.886. The lowest BCUT2D eigenvalue weighted by molar-refractivity contribution is 0.628. The van der Waals surface area contributed by atoms with Crippen LogP contribution in [0.4, 0.5) is 15.8 Å². The van der Waals surface area contributed by atoms with Gasteiger partial charge < -0.3 is 5.32 Å². The van der Waals surface area contributed by atoms with Crippen LogP contribution in [0.3, 0.4) is 0 Å². The maximum Gasteiger partial charge on any atom is 0.126 e. The van der Waals surface area contributed by atoms with Crippen molar-refractivity contribution >= 4 is 11.4 Å². The van der Waals surface area contributed by atoms with Crippen LogP contribution >= 0.6 is 0 Å². The van der Waals surface area contributed by atoms with Gasteiger partial charge in [0.2, 0.25) is 0 Å². The molecule has 0 amide bonds. The van der Waals surface area contributed by atoms with Crippen molar-refractivity contribution in [2.24, 2.45) is 0 Å². The van der Waals surface area contributed by atoms with Crippen molar-refractivity contribution < 1.29 is 4.39 Å². The number of aryl methyl sites for hydroxylation is 1. The molecule has 0 atom stereocenters. The van der Waals surface area contributed by atoms with Crippen LogP contribution in [0.2, 0.25) is 0 Å². The summed E-state index contributed by atoms with van der Waals surface area (Å²) in [6, 6.07) is 13.2. The molecule has 2 rings (SSSR count). The van der Waals surface area contributed by atoms with E-state index in [2.05, 4.69) is 5.32 Å². The van der Waals surface area contributed by atoms with Crippen molar-refractivity contribution in [1.29, 1.82) is 10.5 Å². The predicted molar refractivity (Wildman–Crippen MR) is 70.3 cm³/mol. The lowest BCUT2D eigenvalue weighted by atomic mass is 10.1. The third-order valence-corrected chi connectivity index (χ3v) is 2.67. The maximum atomic E-state index is 13.3. The summed E-state index contributed by atoms with van der Waals surface area (Å²) in [6.45, 7) is 1.88. The Kier molecular flexibility index (Phi) is 3.45. The lowest BCUT2D eigenvalue weighted by Gasteiger charge is -2.10. The molecule has 0 heterocycles. The maximum absolute atomic E-state index is 13.3. The van der Waals surface area contributed by atoms with E-state index < -0.39 is 5.82 Å². The first-order chi connectivity index (χ1) is 9.12. The minimum atomic E-state index is -0.476. The van der Waals surface area contributed by atoms with Crippen molar-refractivity contribution in [2.45, 2.75) is 6.92 Å². The molecule has 2 aromatic carbocycles. The second kappa shape index (κ2) is 5.20. The number of nitrogens with zero attached hydrogens (tertiary/aromatic N) is 2. The Morgan fingerprint density at radius 3 is 2.42 bits per heavy atom. The largest absolute Gasteiger partial charge is 0.355 e. The van der Waals surface area contributed by atoms with E-state index in [9.17, 15) is 4.39 Å². The average Bonchev–Trinajstić information content (AvgIpc) is 2.40. The highest BCUT2D eigenvalue weighted by Crippen LogP contribution is 2.23. The fourth-order valence-corrected chi connectivity index (χ4v) is 1.71. The van der Waals surface area contributed by atoms with Crippen molar-refractivity contribution in [3.8, 4) is 12.1 Å². The summed E-state index contributed by atoms with van der Waals surface area (Å²) in [7, 11) is 0. The Labute approximate surface area is 110 Å². The first kappa shape index (κ1) is 12.6. The standard InChI is InChI=1S/C15H10FN3/c1-10-2-3-11(8-17)6-15(10)19-14-5-12(9-18)4-13(16)7-14/h2-7,19H,1H3. The summed E-state index contributed by atoms with van der Waals surface area (Å²) in [5, 5.41) is 20.7. The topological polar surface area (TPSA) is 59.6 Å². The first-order valence-corrected chi connectivity index (χ1v) is 5.61. The highest BCUT2D eigenvalue weighted by atomic mass is 19.1. The van der Waals surface area contributed by atoms with E-state index in [0.717, 1.165) is 5.56 Å². The number of nitrogens with one attached hydrogen (secondary N) is 1. The fourth-order valence-electron chi connectivity index (χ4n) is 1.71. The van der Waals surface area contributed by atoms with Gasteiger partial charge in [-0.25, -0.2) is 4.39 Å². The van der Waals surface area contributed by atoms with Crippen LogP contribution < -0.4 is 5.32 Å². The van der Waals surface area contributed by atoms with Gasteiger partial charge >= 0.3 is 0 Å². The molecule has 0 saturated heterocycles. The van der Waals surface area contributed by atoms with E-state index in [0.29, 0.717) is 16.9 Å². The van der Waals surface area contributed by atoms with Crippen molar-refractivity contribution in [3.05, 3.63) is 58.9 Å². The summed E-state index contributed by atoms with van der Waals surface area (Å²) < 4.78 is 13.3. The minimum absolute atomic E-state index is 0.247. The molecule has 1 N–H and O–H groups in total. The molecule has 0 saturated carbocycles. The van der Waals surface area contributed by atoms with Gasteiger partial charge in [0.25, 0.3) is 0 Å². The predicted octanol–water partition coefficient (Wildman–Crippen LogP) is 3.62. The van der Waals surface area contributed by atoms with Gasteiger partial charge in [0, 0.05) is 11.4 Å². The van der Waals surface area contributed by atoms with E-state index in [1.807, 2.05) is 25.1 Å². The van der Waals surface area contributed by atoms with Gasteiger partial charge in [0.1, 0.15) is 5.82 Å². The van der Waals surface area contributed by atoms with Crippen molar-refractivity contribution in [3.63, 3.8) is 0 Å². The van der Waals surface area contributed by atoms with E-state index in [4.69, 9.17) is 10.5 Å². The van der Waals surface area contributed by atoms with Crippen molar-refractivity contribution in [2.75, 3.05) is 5.32 Å². The van der Waals surface area contributed by atoms with Crippen LogP contribution in [-0.2, 0) is 0 Å². The summed E-state index contributed by atoms with van der Waals surface area (Å²) in [6.07, 6.45) is 0. The van der Waals surface area contributed by atoms with Gasteiger partial charge in [-0.15, -0.1) is 0 Å². The van der Waals surface area contributed by atoms with Gasteiger partial charge in [-0.1, -0.05) is 6.07 Å². The van der Waals surface area contributed by atoms with Gasteiger partial charge in [0.15, 0.2) is 0 Å². The van der Waals surface area contributed by atoms with Gasteiger partial charge in [-0.3, -0.25) is 0 Å². The highest BCUT2D eigenvalue weighted by Gasteiger charge is 2.04. The summed E-state index contributed by atoms with van der Waals surface area (Å²) in [5.74, 6) is -0.476. The Morgan fingerprint density at radius 1 is 1.00 bits per heavy atom. The first-order valence-electron chi connectivity index (χ1n) is 5.61. The van der Waals surface area contributed by atoms with Crippen LogP contribution in [0.1, 0.15) is 16.7 Å². The molecule has 92 valence electrons. The van der Waals surface area contributed by atoms with E-state index in [1.165, 1.54) is 12.1 Å². The zero-order valence-corrected chi connectivity index (χ0v) is 10.2. The zero-order valence-electron chi connectivity index (χ0n) is 10.2. The molecule has 0 aliphatic carbocycles.